The summed E-state index contributed by atoms with van der Waals surface area (Å²) in [5.41, 5.74) is 3.92. The third-order valence-corrected chi connectivity index (χ3v) is 5.95. The number of halogens is 1. The molecule has 0 saturated carbocycles. The van der Waals surface area contributed by atoms with Gasteiger partial charge in [0.1, 0.15) is 5.75 Å². The molecule has 4 rings (SSSR count). The van der Waals surface area contributed by atoms with E-state index in [9.17, 15) is 4.79 Å². The highest BCUT2D eigenvalue weighted by Gasteiger charge is 2.27. The second-order valence-corrected chi connectivity index (χ2v) is 8.56. The lowest BCUT2D eigenvalue weighted by Gasteiger charge is -2.36. The molecule has 1 fully saturated rings. The van der Waals surface area contributed by atoms with Crippen LogP contribution < -0.4 is 9.64 Å². The summed E-state index contributed by atoms with van der Waals surface area (Å²) in [6, 6.07) is 17.5. The number of nitrogens with zero attached hydrogens (tertiary/aromatic N) is 4. The molecule has 166 valence electrons. The number of hydrogen-bond acceptors (Lipinski definition) is 5. The number of carbonyl (C=O) groups is 1. The van der Waals surface area contributed by atoms with E-state index in [4.69, 9.17) is 16.3 Å². The summed E-state index contributed by atoms with van der Waals surface area (Å²) in [5.74, 6) is 1.59. The van der Waals surface area contributed by atoms with Crippen LogP contribution in [0.3, 0.4) is 0 Å². The first-order valence-electron chi connectivity index (χ1n) is 10.8. The van der Waals surface area contributed by atoms with Gasteiger partial charge in [-0.15, -0.1) is 10.2 Å². The van der Waals surface area contributed by atoms with Crippen LogP contribution >= 0.6 is 11.6 Å². The third kappa shape index (κ3) is 5.02. The molecule has 1 unspecified atom stereocenters. The molecule has 1 aromatic heterocycles. The van der Waals surface area contributed by atoms with Crippen molar-refractivity contribution in [2.45, 2.75) is 26.9 Å². The van der Waals surface area contributed by atoms with Crippen LogP contribution in [0.25, 0.3) is 11.3 Å². The van der Waals surface area contributed by atoms with E-state index in [1.54, 1.807) is 0 Å². The normalized spacial score (nSPS) is 14.9. The van der Waals surface area contributed by atoms with E-state index < -0.39 is 6.10 Å². The molecule has 2 heterocycles. The van der Waals surface area contributed by atoms with Crippen LogP contribution in [0.2, 0.25) is 5.02 Å². The van der Waals surface area contributed by atoms with Gasteiger partial charge in [0, 0.05) is 36.8 Å². The molecule has 0 radical (unpaired) electrons. The Hall–Kier alpha value is -3.12. The van der Waals surface area contributed by atoms with Gasteiger partial charge in [0.05, 0.1) is 5.69 Å². The number of ether oxygens (including phenoxy) is 1. The highest BCUT2D eigenvalue weighted by molar-refractivity contribution is 6.30. The summed E-state index contributed by atoms with van der Waals surface area (Å²) in [4.78, 5) is 16.9. The molecule has 32 heavy (non-hydrogen) atoms. The van der Waals surface area contributed by atoms with Crippen molar-refractivity contribution in [3.63, 3.8) is 0 Å². The average Bonchev–Trinajstić information content (AvgIpc) is 2.82. The highest BCUT2D eigenvalue weighted by atomic mass is 35.5. The predicted molar refractivity (Wildman–Crippen MR) is 127 cm³/mol. The van der Waals surface area contributed by atoms with Crippen molar-refractivity contribution in [1.82, 2.24) is 15.1 Å². The second-order valence-electron chi connectivity index (χ2n) is 8.13. The lowest BCUT2D eigenvalue weighted by Crippen LogP contribution is -2.52. The summed E-state index contributed by atoms with van der Waals surface area (Å²) in [5, 5.41) is 9.45. The van der Waals surface area contributed by atoms with Crippen LogP contribution in [0.5, 0.6) is 5.75 Å². The molecular weight excluding hydrogens is 424 g/mol. The average molecular weight is 451 g/mol. The molecule has 0 N–H and O–H groups in total. The van der Waals surface area contributed by atoms with Gasteiger partial charge in [0.2, 0.25) is 0 Å². The molecule has 0 aliphatic carbocycles. The van der Waals surface area contributed by atoms with Crippen LogP contribution in [-0.4, -0.2) is 53.3 Å². The molecule has 0 spiro atoms. The molecule has 1 atom stereocenters. The fraction of sp³-hybridized carbons (Fsp3) is 0.320. The minimum absolute atomic E-state index is 0.00901. The minimum Gasteiger partial charge on any atom is -0.481 e. The fourth-order valence-electron chi connectivity index (χ4n) is 3.76. The van der Waals surface area contributed by atoms with Gasteiger partial charge in [-0.2, -0.15) is 0 Å². The number of hydrogen-bond donors (Lipinski definition) is 0. The van der Waals surface area contributed by atoms with Gasteiger partial charge in [-0.05, 0) is 62.2 Å². The lowest BCUT2D eigenvalue weighted by molar-refractivity contribution is -0.138. The molecule has 6 nitrogen and oxygen atoms in total. The van der Waals surface area contributed by atoms with Crippen molar-refractivity contribution in [3.05, 3.63) is 70.7 Å². The molecule has 0 bridgehead atoms. The van der Waals surface area contributed by atoms with Crippen molar-refractivity contribution in [1.29, 1.82) is 0 Å². The number of benzene rings is 2. The predicted octanol–water partition coefficient (Wildman–Crippen LogP) is 4.53. The molecule has 3 aromatic rings. The Balaban J connectivity index is 1.33. The Labute approximate surface area is 193 Å². The zero-order chi connectivity index (χ0) is 22.7. The first-order chi connectivity index (χ1) is 15.4. The Bertz CT molecular complexity index is 1080. The van der Waals surface area contributed by atoms with Crippen LogP contribution in [0, 0.1) is 13.8 Å². The number of amides is 1. The van der Waals surface area contributed by atoms with E-state index in [0.29, 0.717) is 31.2 Å². The largest absolute Gasteiger partial charge is 0.481 e. The Morgan fingerprint density at radius 2 is 1.69 bits per heavy atom. The molecule has 1 amide bonds. The van der Waals surface area contributed by atoms with E-state index in [-0.39, 0.29) is 5.91 Å². The van der Waals surface area contributed by atoms with Gasteiger partial charge < -0.3 is 14.5 Å². The maximum atomic E-state index is 12.9. The number of piperazine rings is 1. The van der Waals surface area contributed by atoms with Gasteiger partial charge in [0.25, 0.3) is 5.91 Å². The van der Waals surface area contributed by atoms with E-state index >= 15 is 0 Å². The third-order valence-electron chi connectivity index (χ3n) is 5.70. The van der Waals surface area contributed by atoms with E-state index in [2.05, 4.69) is 15.1 Å². The minimum atomic E-state index is -0.527. The van der Waals surface area contributed by atoms with Crippen LogP contribution in [0.4, 0.5) is 5.82 Å². The molecular formula is C25H27ClN4O2. The maximum absolute atomic E-state index is 12.9. The number of rotatable bonds is 5. The van der Waals surface area contributed by atoms with Crippen LogP contribution in [0.15, 0.2) is 54.6 Å². The van der Waals surface area contributed by atoms with E-state index in [1.807, 2.05) is 80.3 Å². The van der Waals surface area contributed by atoms with Crippen molar-refractivity contribution in [2.75, 3.05) is 31.1 Å². The van der Waals surface area contributed by atoms with Crippen LogP contribution in [-0.2, 0) is 4.79 Å². The zero-order valence-corrected chi connectivity index (χ0v) is 19.3. The second kappa shape index (κ2) is 9.57. The van der Waals surface area contributed by atoms with E-state index in [0.717, 1.165) is 34.0 Å². The van der Waals surface area contributed by atoms with Gasteiger partial charge >= 0.3 is 0 Å². The smallest absolute Gasteiger partial charge is 0.263 e. The molecule has 2 aromatic carbocycles. The van der Waals surface area contributed by atoms with Crippen LogP contribution in [0.1, 0.15) is 18.1 Å². The number of anilines is 1. The number of carbonyl (C=O) groups excluding carboxylic acids is 1. The van der Waals surface area contributed by atoms with Gasteiger partial charge in [0.15, 0.2) is 11.9 Å². The Morgan fingerprint density at radius 3 is 2.34 bits per heavy atom. The lowest BCUT2D eigenvalue weighted by atomic mass is 10.1. The molecule has 1 saturated heterocycles. The van der Waals surface area contributed by atoms with E-state index in [1.165, 1.54) is 0 Å². The first kappa shape index (κ1) is 22.1. The van der Waals surface area contributed by atoms with Gasteiger partial charge in [-0.3, -0.25) is 4.79 Å². The van der Waals surface area contributed by atoms with Crippen molar-refractivity contribution >= 4 is 23.3 Å². The summed E-state index contributed by atoms with van der Waals surface area (Å²) < 4.78 is 5.98. The van der Waals surface area contributed by atoms with Gasteiger partial charge in [-0.1, -0.05) is 35.9 Å². The number of aromatic nitrogens is 2. The summed E-state index contributed by atoms with van der Waals surface area (Å²) in [7, 11) is 0. The monoisotopic (exact) mass is 450 g/mol. The standard InChI is InChI=1S/C25H27ClN4O2/c1-17-4-5-18(2)23(16-17)32-19(3)25(31)30-14-12-29(13-15-30)24-11-10-22(27-28-24)20-6-8-21(26)9-7-20/h4-11,16,19H,12-15H2,1-3H3. The maximum Gasteiger partial charge on any atom is 0.263 e. The SMILES string of the molecule is Cc1ccc(C)c(OC(C)C(=O)N2CCN(c3ccc(-c4ccc(Cl)cc4)nn3)CC2)c1. The van der Waals surface area contributed by atoms with Gasteiger partial charge in [-0.25, -0.2) is 0 Å². The van der Waals surface area contributed by atoms with Crippen molar-refractivity contribution < 1.29 is 9.53 Å². The topological polar surface area (TPSA) is 58.6 Å². The Kier molecular flexibility index (Phi) is 6.61. The number of aryl methyl sites for hydroxylation is 2. The summed E-state index contributed by atoms with van der Waals surface area (Å²) in [6.07, 6.45) is -0.527. The molecule has 7 heteroatoms. The summed E-state index contributed by atoms with van der Waals surface area (Å²) >= 11 is 5.95. The highest BCUT2D eigenvalue weighted by Crippen LogP contribution is 2.23. The summed E-state index contributed by atoms with van der Waals surface area (Å²) in [6.45, 7) is 8.48. The zero-order valence-electron chi connectivity index (χ0n) is 18.6. The first-order valence-corrected chi connectivity index (χ1v) is 11.2. The van der Waals surface area contributed by atoms with Crippen molar-refractivity contribution in [2.24, 2.45) is 0 Å². The van der Waals surface area contributed by atoms with Crippen molar-refractivity contribution in [3.8, 4) is 17.0 Å². The Morgan fingerprint density at radius 1 is 0.969 bits per heavy atom. The molecule has 1 aliphatic heterocycles. The molecule has 1 aliphatic rings. The fourth-order valence-corrected chi connectivity index (χ4v) is 3.88. The quantitative estimate of drug-likeness (QED) is 0.571.